The third kappa shape index (κ3) is 2.52. The van der Waals surface area contributed by atoms with Gasteiger partial charge in [-0.1, -0.05) is 18.2 Å². The number of nitrogens with zero attached hydrogens (tertiary/aromatic N) is 1. The van der Waals surface area contributed by atoms with Crippen LogP contribution in [0, 0.1) is 5.92 Å². The van der Waals surface area contributed by atoms with Crippen LogP contribution in [-0.2, 0) is 6.42 Å². The monoisotopic (exact) mass is 246 g/mol. The van der Waals surface area contributed by atoms with Crippen molar-refractivity contribution in [2.45, 2.75) is 25.4 Å². The minimum Gasteiger partial charge on any atom is -0.488 e. The summed E-state index contributed by atoms with van der Waals surface area (Å²) in [6.45, 7) is 4.30. The lowest BCUT2D eigenvalue weighted by molar-refractivity contribution is 0.165. The topological polar surface area (TPSA) is 38.5 Å². The van der Waals surface area contributed by atoms with Crippen LogP contribution in [0.3, 0.4) is 0 Å². The fourth-order valence-electron chi connectivity index (χ4n) is 3.19. The lowest BCUT2D eigenvalue weighted by atomic mass is 10.1. The number of likely N-dealkylation sites (tertiary alicyclic amines) is 1. The largest absolute Gasteiger partial charge is 0.488 e. The number of nitrogens with two attached hydrogens (primary N) is 1. The van der Waals surface area contributed by atoms with E-state index in [0.29, 0.717) is 6.10 Å². The summed E-state index contributed by atoms with van der Waals surface area (Å²) in [5.41, 5.74) is 6.99. The molecule has 2 atom stereocenters. The van der Waals surface area contributed by atoms with Gasteiger partial charge in [0, 0.05) is 19.5 Å². The summed E-state index contributed by atoms with van der Waals surface area (Å²) in [7, 11) is 0. The lowest BCUT2D eigenvalue weighted by Gasteiger charge is -2.20. The highest BCUT2D eigenvalue weighted by Gasteiger charge is 2.28. The second kappa shape index (κ2) is 5.29. The quantitative estimate of drug-likeness (QED) is 0.878. The number of hydrogen-bond donors (Lipinski definition) is 1. The van der Waals surface area contributed by atoms with E-state index in [4.69, 9.17) is 10.5 Å². The molecule has 3 heteroatoms. The Morgan fingerprint density at radius 3 is 3.06 bits per heavy atom. The molecule has 0 amide bonds. The van der Waals surface area contributed by atoms with Crippen molar-refractivity contribution in [1.29, 1.82) is 0 Å². The molecule has 0 aliphatic carbocycles. The summed E-state index contributed by atoms with van der Waals surface area (Å²) in [6.07, 6.45) is 3.88. The van der Waals surface area contributed by atoms with Gasteiger partial charge in [0.15, 0.2) is 0 Å². The average Bonchev–Trinajstić information content (AvgIpc) is 2.96. The summed E-state index contributed by atoms with van der Waals surface area (Å²) in [5.74, 6) is 1.89. The maximum Gasteiger partial charge on any atom is 0.123 e. The fraction of sp³-hybridized carbons (Fsp3) is 0.600. The number of benzene rings is 1. The van der Waals surface area contributed by atoms with E-state index in [1.165, 1.54) is 31.5 Å². The first-order valence-corrected chi connectivity index (χ1v) is 7.02. The summed E-state index contributed by atoms with van der Waals surface area (Å²) in [5, 5.41) is 0. The van der Waals surface area contributed by atoms with Crippen molar-refractivity contribution in [2.75, 3.05) is 26.2 Å². The fourth-order valence-corrected chi connectivity index (χ4v) is 3.19. The minimum atomic E-state index is 0.346. The highest BCUT2D eigenvalue weighted by atomic mass is 16.5. The average molecular weight is 246 g/mol. The number of para-hydroxylation sites is 1. The molecule has 18 heavy (non-hydrogen) atoms. The second-order valence-electron chi connectivity index (χ2n) is 5.54. The van der Waals surface area contributed by atoms with Gasteiger partial charge < -0.3 is 10.5 Å². The molecule has 0 bridgehead atoms. The summed E-state index contributed by atoms with van der Waals surface area (Å²) >= 11 is 0. The zero-order chi connectivity index (χ0) is 12.4. The summed E-state index contributed by atoms with van der Waals surface area (Å²) in [6, 6.07) is 8.40. The molecule has 3 nitrogen and oxygen atoms in total. The predicted octanol–water partition coefficient (Wildman–Crippen LogP) is 1.66. The summed E-state index contributed by atoms with van der Waals surface area (Å²) in [4.78, 5) is 2.54. The van der Waals surface area contributed by atoms with Gasteiger partial charge in [-0.05, 0) is 43.5 Å². The van der Waals surface area contributed by atoms with Gasteiger partial charge in [0.05, 0.1) is 0 Å². The number of hydrogen-bond acceptors (Lipinski definition) is 3. The van der Waals surface area contributed by atoms with Gasteiger partial charge >= 0.3 is 0 Å². The van der Waals surface area contributed by atoms with Gasteiger partial charge in [0.25, 0.3) is 0 Å². The van der Waals surface area contributed by atoms with Crippen molar-refractivity contribution >= 4 is 0 Å². The minimum absolute atomic E-state index is 0.346. The zero-order valence-electron chi connectivity index (χ0n) is 10.8. The molecular weight excluding hydrogens is 224 g/mol. The Balaban J connectivity index is 1.51. The Morgan fingerprint density at radius 1 is 1.33 bits per heavy atom. The maximum atomic E-state index is 6.00. The van der Waals surface area contributed by atoms with Crippen LogP contribution in [0.5, 0.6) is 5.75 Å². The molecular formula is C15H22N2O. The van der Waals surface area contributed by atoms with E-state index in [-0.39, 0.29) is 0 Å². The molecule has 0 radical (unpaired) electrons. The predicted molar refractivity (Wildman–Crippen MR) is 72.8 cm³/mol. The molecule has 0 saturated carbocycles. The van der Waals surface area contributed by atoms with Crippen LogP contribution in [0.25, 0.3) is 0 Å². The Hall–Kier alpha value is -1.06. The van der Waals surface area contributed by atoms with Gasteiger partial charge in [-0.25, -0.2) is 0 Å². The van der Waals surface area contributed by atoms with E-state index >= 15 is 0 Å². The molecule has 1 aromatic rings. The van der Waals surface area contributed by atoms with Crippen LogP contribution >= 0.6 is 0 Å². The van der Waals surface area contributed by atoms with Crippen molar-refractivity contribution in [3.63, 3.8) is 0 Å². The van der Waals surface area contributed by atoms with Crippen molar-refractivity contribution in [1.82, 2.24) is 4.90 Å². The molecule has 2 aliphatic rings. The van der Waals surface area contributed by atoms with E-state index < -0.39 is 0 Å². The molecule has 0 spiro atoms. The third-order valence-corrected chi connectivity index (χ3v) is 4.12. The van der Waals surface area contributed by atoms with E-state index in [1.807, 2.05) is 6.07 Å². The van der Waals surface area contributed by atoms with E-state index in [2.05, 4.69) is 23.1 Å². The van der Waals surface area contributed by atoms with E-state index in [1.54, 1.807) is 0 Å². The standard InChI is InChI=1S/C15H22N2O/c16-7-5-12-6-8-17(10-12)11-14-9-13-3-1-2-4-15(13)18-14/h1-4,12,14H,5-11,16H2. The van der Waals surface area contributed by atoms with Crippen LogP contribution in [0.15, 0.2) is 24.3 Å². The van der Waals surface area contributed by atoms with Crippen LogP contribution in [-0.4, -0.2) is 37.2 Å². The Kier molecular flexibility index (Phi) is 3.52. The smallest absolute Gasteiger partial charge is 0.123 e. The number of rotatable bonds is 4. The van der Waals surface area contributed by atoms with Crippen molar-refractivity contribution in [2.24, 2.45) is 11.7 Å². The maximum absolute atomic E-state index is 6.00. The summed E-state index contributed by atoms with van der Waals surface area (Å²) < 4.78 is 6.00. The van der Waals surface area contributed by atoms with Crippen molar-refractivity contribution in [3.05, 3.63) is 29.8 Å². The normalized spacial score (nSPS) is 27.2. The first kappa shape index (κ1) is 12.0. The molecule has 2 N–H and O–H groups in total. The molecule has 2 aliphatic heterocycles. The van der Waals surface area contributed by atoms with Crippen molar-refractivity contribution in [3.8, 4) is 5.75 Å². The van der Waals surface area contributed by atoms with Crippen LogP contribution in [0.1, 0.15) is 18.4 Å². The third-order valence-electron chi connectivity index (χ3n) is 4.12. The Bertz CT molecular complexity index is 382. The van der Waals surface area contributed by atoms with E-state index in [0.717, 1.165) is 31.2 Å². The van der Waals surface area contributed by atoms with Gasteiger partial charge in [-0.3, -0.25) is 4.90 Å². The molecule has 0 aromatic heterocycles. The molecule has 3 rings (SSSR count). The highest BCUT2D eigenvalue weighted by Crippen LogP contribution is 2.29. The molecule has 1 saturated heterocycles. The van der Waals surface area contributed by atoms with Gasteiger partial charge in [-0.2, -0.15) is 0 Å². The van der Waals surface area contributed by atoms with Gasteiger partial charge in [0.2, 0.25) is 0 Å². The lowest BCUT2D eigenvalue weighted by Crippen LogP contribution is -2.33. The first-order chi connectivity index (χ1) is 8.85. The molecule has 1 fully saturated rings. The Morgan fingerprint density at radius 2 is 2.22 bits per heavy atom. The number of ether oxygens (including phenoxy) is 1. The molecule has 98 valence electrons. The van der Waals surface area contributed by atoms with Crippen LogP contribution in [0.2, 0.25) is 0 Å². The van der Waals surface area contributed by atoms with Gasteiger partial charge in [0.1, 0.15) is 11.9 Å². The van der Waals surface area contributed by atoms with Gasteiger partial charge in [-0.15, -0.1) is 0 Å². The molecule has 1 aromatic carbocycles. The number of fused-ring (bicyclic) bond motifs is 1. The SMILES string of the molecule is NCCC1CCN(CC2Cc3ccccc3O2)C1. The molecule has 2 unspecified atom stereocenters. The van der Waals surface area contributed by atoms with Crippen LogP contribution < -0.4 is 10.5 Å². The zero-order valence-corrected chi connectivity index (χ0v) is 10.8. The first-order valence-electron chi connectivity index (χ1n) is 7.02. The second-order valence-corrected chi connectivity index (χ2v) is 5.54. The van der Waals surface area contributed by atoms with Crippen molar-refractivity contribution < 1.29 is 4.74 Å². The highest BCUT2D eigenvalue weighted by molar-refractivity contribution is 5.37. The Labute approximate surface area is 109 Å². The van der Waals surface area contributed by atoms with Crippen LogP contribution in [0.4, 0.5) is 0 Å². The molecule has 2 heterocycles. The van der Waals surface area contributed by atoms with E-state index in [9.17, 15) is 0 Å².